The molecule has 0 spiro atoms. The van der Waals surface area contributed by atoms with Crippen LogP contribution in [0.1, 0.15) is 41.3 Å². The number of Topliss-reactive ketones (excluding diaryl/α,β-unsaturated/α-hetero) is 1. The first-order valence-electron chi connectivity index (χ1n) is 9.70. The topological polar surface area (TPSA) is 83.6 Å². The summed E-state index contributed by atoms with van der Waals surface area (Å²) < 4.78 is 26.9. The summed E-state index contributed by atoms with van der Waals surface area (Å²) in [7, 11) is -3.41. The lowest BCUT2D eigenvalue weighted by Crippen LogP contribution is -2.41. The van der Waals surface area contributed by atoms with E-state index in [1.165, 1.54) is 11.2 Å². The van der Waals surface area contributed by atoms with E-state index in [0.717, 1.165) is 11.1 Å². The summed E-state index contributed by atoms with van der Waals surface area (Å²) in [6.07, 6.45) is 0.955. The number of anilines is 1. The highest BCUT2D eigenvalue weighted by Gasteiger charge is 2.31. The number of nitrogens with zero attached hydrogens (tertiary/aromatic N) is 1. The second-order valence-corrected chi connectivity index (χ2v) is 9.51. The van der Waals surface area contributed by atoms with Crippen molar-refractivity contribution in [2.24, 2.45) is 5.92 Å². The first-order chi connectivity index (χ1) is 13.7. The predicted molar refractivity (Wildman–Crippen MR) is 113 cm³/mol. The molecule has 29 heavy (non-hydrogen) atoms. The van der Waals surface area contributed by atoms with Crippen LogP contribution >= 0.6 is 0 Å². The smallest absolute Gasteiger partial charge is 0.227 e. The molecule has 1 aliphatic heterocycles. The number of nitrogens with one attached hydrogen (secondary N) is 1. The van der Waals surface area contributed by atoms with Gasteiger partial charge in [-0.25, -0.2) is 12.7 Å². The third kappa shape index (κ3) is 5.52. The zero-order valence-electron chi connectivity index (χ0n) is 16.7. The maximum absolute atomic E-state index is 12.7. The summed E-state index contributed by atoms with van der Waals surface area (Å²) >= 11 is 0. The van der Waals surface area contributed by atoms with Gasteiger partial charge in [0, 0.05) is 30.3 Å². The van der Waals surface area contributed by atoms with Crippen molar-refractivity contribution in [2.75, 3.05) is 18.4 Å². The SMILES string of the molecule is CC(=O)c1cccc(NC(=O)C2CCN(S(=O)(=O)Cc3cccc(C)c3)CC2)c1. The van der Waals surface area contributed by atoms with Gasteiger partial charge in [0.25, 0.3) is 0 Å². The number of benzene rings is 2. The zero-order chi connectivity index (χ0) is 21.0. The lowest BCUT2D eigenvalue weighted by molar-refractivity contribution is -0.120. The molecule has 0 bridgehead atoms. The average molecular weight is 415 g/mol. The molecule has 1 aliphatic rings. The Labute approximate surface area is 172 Å². The summed E-state index contributed by atoms with van der Waals surface area (Å²) in [5.41, 5.74) is 2.93. The molecule has 0 unspecified atom stereocenters. The van der Waals surface area contributed by atoms with Gasteiger partial charge in [-0.05, 0) is 44.4 Å². The molecular formula is C22H26N2O4S. The largest absolute Gasteiger partial charge is 0.326 e. The fourth-order valence-corrected chi connectivity index (χ4v) is 5.11. The standard InChI is InChI=1S/C22H26N2O4S/c1-16-5-3-6-18(13-16)15-29(27,28)24-11-9-19(10-12-24)22(26)23-21-8-4-7-20(14-21)17(2)25/h3-8,13-14,19H,9-12,15H2,1-2H3,(H,23,26). The summed E-state index contributed by atoms with van der Waals surface area (Å²) in [6, 6.07) is 14.3. The van der Waals surface area contributed by atoms with E-state index in [9.17, 15) is 18.0 Å². The number of ketones is 1. The second kappa shape index (κ2) is 8.88. The molecule has 6 nitrogen and oxygen atoms in total. The molecule has 2 aromatic rings. The highest BCUT2D eigenvalue weighted by molar-refractivity contribution is 7.88. The van der Waals surface area contributed by atoms with Gasteiger partial charge in [0.05, 0.1) is 5.75 Å². The first-order valence-corrected chi connectivity index (χ1v) is 11.3. The molecular weight excluding hydrogens is 388 g/mol. The van der Waals surface area contributed by atoms with Gasteiger partial charge in [-0.15, -0.1) is 0 Å². The third-order valence-electron chi connectivity index (χ3n) is 5.19. The molecule has 0 aliphatic carbocycles. The minimum absolute atomic E-state index is 0.0244. The third-order valence-corrected chi connectivity index (χ3v) is 7.04. The van der Waals surface area contributed by atoms with E-state index < -0.39 is 10.0 Å². The maximum atomic E-state index is 12.7. The van der Waals surface area contributed by atoms with Gasteiger partial charge < -0.3 is 5.32 Å². The number of aryl methyl sites for hydroxylation is 1. The minimum Gasteiger partial charge on any atom is -0.326 e. The Hall–Kier alpha value is -2.51. The number of hydrogen-bond donors (Lipinski definition) is 1. The Morgan fingerprint density at radius 1 is 1.07 bits per heavy atom. The Bertz CT molecular complexity index is 1010. The van der Waals surface area contributed by atoms with Crippen LogP contribution in [0.4, 0.5) is 5.69 Å². The van der Waals surface area contributed by atoms with Gasteiger partial charge in [0.2, 0.25) is 15.9 Å². The van der Waals surface area contributed by atoms with Crippen LogP contribution in [-0.2, 0) is 20.6 Å². The molecule has 0 atom stereocenters. The molecule has 3 rings (SSSR count). The van der Waals surface area contributed by atoms with E-state index in [4.69, 9.17) is 0 Å². The van der Waals surface area contributed by atoms with Crippen LogP contribution in [0.5, 0.6) is 0 Å². The fourth-order valence-electron chi connectivity index (χ4n) is 3.56. The van der Waals surface area contributed by atoms with Gasteiger partial charge in [-0.3, -0.25) is 9.59 Å². The number of rotatable bonds is 6. The summed E-state index contributed by atoms with van der Waals surface area (Å²) in [6.45, 7) is 4.08. The molecule has 1 N–H and O–H groups in total. The van der Waals surface area contributed by atoms with Crippen LogP contribution in [0.3, 0.4) is 0 Å². The van der Waals surface area contributed by atoms with Crippen molar-refractivity contribution in [3.63, 3.8) is 0 Å². The highest BCUT2D eigenvalue weighted by atomic mass is 32.2. The number of sulfonamides is 1. The van der Waals surface area contributed by atoms with Gasteiger partial charge >= 0.3 is 0 Å². The lowest BCUT2D eigenvalue weighted by atomic mass is 9.97. The molecule has 7 heteroatoms. The normalized spacial score (nSPS) is 15.8. The minimum atomic E-state index is -3.41. The van der Waals surface area contributed by atoms with E-state index in [1.54, 1.807) is 24.3 Å². The van der Waals surface area contributed by atoms with Crippen molar-refractivity contribution in [1.82, 2.24) is 4.31 Å². The molecule has 1 fully saturated rings. The highest BCUT2D eigenvalue weighted by Crippen LogP contribution is 2.23. The van der Waals surface area contributed by atoms with Gasteiger partial charge in [0.15, 0.2) is 5.78 Å². The zero-order valence-corrected chi connectivity index (χ0v) is 17.5. The van der Waals surface area contributed by atoms with Crippen LogP contribution in [0.2, 0.25) is 0 Å². The van der Waals surface area contributed by atoms with Gasteiger partial charge in [0.1, 0.15) is 0 Å². The first kappa shape index (κ1) is 21.2. The van der Waals surface area contributed by atoms with Crippen LogP contribution in [0.25, 0.3) is 0 Å². The maximum Gasteiger partial charge on any atom is 0.227 e. The molecule has 0 saturated carbocycles. The van der Waals surface area contributed by atoms with Crippen molar-refractivity contribution in [3.05, 3.63) is 65.2 Å². The van der Waals surface area contributed by atoms with Crippen molar-refractivity contribution in [2.45, 2.75) is 32.4 Å². The van der Waals surface area contributed by atoms with Crippen LogP contribution < -0.4 is 5.32 Å². The predicted octanol–water partition coefficient (Wildman–Crippen LogP) is 3.38. The van der Waals surface area contributed by atoms with Crippen molar-refractivity contribution in [3.8, 4) is 0 Å². The monoisotopic (exact) mass is 414 g/mol. The van der Waals surface area contributed by atoms with E-state index in [0.29, 0.717) is 37.2 Å². The van der Waals surface area contributed by atoms with Crippen LogP contribution in [0.15, 0.2) is 48.5 Å². The van der Waals surface area contributed by atoms with E-state index >= 15 is 0 Å². The number of piperidine rings is 1. The Morgan fingerprint density at radius 2 is 1.76 bits per heavy atom. The van der Waals surface area contributed by atoms with Gasteiger partial charge in [-0.2, -0.15) is 0 Å². The molecule has 1 amide bonds. The molecule has 154 valence electrons. The Balaban J connectivity index is 1.57. The Morgan fingerprint density at radius 3 is 2.41 bits per heavy atom. The van der Waals surface area contributed by atoms with Crippen molar-refractivity contribution in [1.29, 1.82) is 0 Å². The summed E-state index contributed by atoms with van der Waals surface area (Å²) in [5, 5.41) is 2.85. The number of amides is 1. The van der Waals surface area contributed by atoms with E-state index in [2.05, 4.69) is 5.32 Å². The van der Waals surface area contributed by atoms with Crippen LogP contribution in [0, 0.1) is 12.8 Å². The molecule has 2 aromatic carbocycles. The van der Waals surface area contributed by atoms with E-state index in [-0.39, 0.29) is 23.4 Å². The summed E-state index contributed by atoms with van der Waals surface area (Å²) in [4.78, 5) is 24.1. The molecule has 0 radical (unpaired) electrons. The van der Waals surface area contributed by atoms with Crippen LogP contribution in [-0.4, -0.2) is 37.5 Å². The number of hydrogen-bond acceptors (Lipinski definition) is 4. The lowest BCUT2D eigenvalue weighted by Gasteiger charge is -2.30. The number of carbonyl (C=O) groups is 2. The number of carbonyl (C=O) groups excluding carboxylic acids is 2. The molecule has 1 heterocycles. The molecule has 0 aromatic heterocycles. The van der Waals surface area contributed by atoms with Gasteiger partial charge in [-0.1, -0.05) is 42.0 Å². The quantitative estimate of drug-likeness (QED) is 0.735. The fraction of sp³-hybridized carbons (Fsp3) is 0.364. The molecule has 1 saturated heterocycles. The van der Waals surface area contributed by atoms with Crippen molar-refractivity contribution < 1.29 is 18.0 Å². The second-order valence-electron chi connectivity index (χ2n) is 7.54. The Kier molecular flexibility index (Phi) is 6.49. The van der Waals surface area contributed by atoms with E-state index in [1.807, 2.05) is 31.2 Å². The van der Waals surface area contributed by atoms with Crippen molar-refractivity contribution >= 4 is 27.4 Å². The average Bonchev–Trinajstić information content (AvgIpc) is 2.68. The summed E-state index contributed by atoms with van der Waals surface area (Å²) in [5.74, 6) is -0.473.